The first-order valence-electron chi connectivity index (χ1n) is 7.78. The van der Waals surface area contributed by atoms with E-state index in [0.29, 0.717) is 0 Å². The second-order valence-electron chi connectivity index (χ2n) is 5.53. The maximum Gasteiger partial charge on any atom is 0.00939 e. The van der Waals surface area contributed by atoms with Crippen molar-refractivity contribution in [2.24, 2.45) is 0 Å². The van der Waals surface area contributed by atoms with Gasteiger partial charge in [0.05, 0.1) is 0 Å². The van der Waals surface area contributed by atoms with Crippen LogP contribution in [0.15, 0.2) is 0 Å². The Morgan fingerprint density at radius 1 is 1.12 bits per heavy atom. The summed E-state index contributed by atoms with van der Waals surface area (Å²) in [6, 6.07) is 1.54. The first kappa shape index (κ1) is 15.0. The molecule has 17 heavy (non-hydrogen) atoms. The van der Waals surface area contributed by atoms with Crippen LogP contribution in [-0.4, -0.2) is 36.6 Å². The monoisotopic (exact) mass is 240 g/mol. The molecule has 0 radical (unpaired) electrons. The molecule has 1 fully saturated rings. The molecule has 0 aromatic rings. The maximum atomic E-state index is 3.88. The molecule has 1 rings (SSSR count). The molecule has 1 aliphatic heterocycles. The summed E-state index contributed by atoms with van der Waals surface area (Å²) in [5, 5.41) is 3.88. The van der Waals surface area contributed by atoms with Gasteiger partial charge >= 0.3 is 0 Å². The topological polar surface area (TPSA) is 15.3 Å². The SMILES string of the molecule is CCCCC(CC)NC1CCN(CCC)CC1. The molecule has 102 valence electrons. The van der Waals surface area contributed by atoms with Crippen LogP contribution in [0.4, 0.5) is 0 Å². The molecule has 0 aromatic carbocycles. The fraction of sp³-hybridized carbons (Fsp3) is 1.00. The first-order chi connectivity index (χ1) is 8.30. The lowest BCUT2D eigenvalue weighted by Gasteiger charge is -2.34. The number of hydrogen-bond acceptors (Lipinski definition) is 2. The molecule has 2 heteroatoms. The second-order valence-corrected chi connectivity index (χ2v) is 5.53. The lowest BCUT2D eigenvalue weighted by Crippen LogP contribution is -2.46. The van der Waals surface area contributed by atoms with Crippen molar-refractivity contribution in [2.45, 2.75) is 77.8 Å². The summed E-state index contributed by atoms with van der Waals surface area (Å²) in [5.74, 6) is 0. The predicted molar refractivity (Wildman–Crippen MR) is 76.5 cm³/mol. The maximum absolute atomic E-state index is 3.88. The van der Waals surface area contributed by atoms with Crippen LogP contribution in [0, 0.1) is 0 Å². The van der Waals surface area contributed by atoms with E-state index >= 15 is 0 Å². The van der Waals surface area contributed by atoms with Gasteiger partial charge in [0.1, 0.15) is 0 Å². The van der Waals surface area contributed by atoms with Gasteiger partial charge in [0.15, 0.2) is 0 Å². The molecule has 0 aromatic heterocycles. The second kappa shape index (κ2) is 8.93. The van der Waals surface area contributed by atoms with Gasteiger partial charge < -0.3 is 10.2 Å². The summed E-state index contributed by atoms with van der Waals surface area (Å²) in [4.78, 5) is 2.62. The zero-order valence-electron chi connectivity index (χ0n) is 12.2. The van der Waals surface area contributed by atoms with E-state index in [1.54, 1.807) is 0 Å². The van der Waals surface area contributed by atoms with E-state index in [1.807, 2.05) is 0 Å². The Balaban J connectivity index is 2.19. The highest BCUT2D eigenvalue weighted by Gasteiger charge is 2.20. The zero-order valence-corrected chi connectivity index (χ0v) is 12.2. The molecule has 1 saturated heterocycles. The fourth-order valence-electron chi connectivity index (χ4n) is 2.83. The van der Waals surface area contributed by atoms with Gasteiger partial charge in [-0.25, -0.2) is 0 Å². The van der Waals surface area contributed by atoms with Gasteiger partial charge in [-0.05, 0) is 51.7 Å². The Morgan fingerprint density at radius 2 is 1.82 bits per heavy atom. The Hall–Kier alpha value is -0.0800. The van der Waals surface area contributed by atoms with Crippen LogP contribution in [0.5, 0.6) is 0 Å². The zero-order chi connectivity index (χ0) is 12.5. The van der Waals surface area contributed by atoms with Gasteiger partial charge in [-0.3, -0.25) is 0 Å². The lowest BCUT2D eigenvalue weighted by atomic mass is 10.0. The fourth-order valence-corrected chi connectivity index (χ4v) is 2.83. The van der Waals surface area contributed by atoms with Crippen LogP contribution in [0.25, 0.3) is 0 Å². The van der Waals surface area contributed by atoms with E-state index in [2.05, 4.69) is 31.0 Å². The molecule has 2 nitrogen and oxygen atoms in total. The normalized spacial score (nSPS) is 20.6. The molecule has 0 amide bonds. The van der Waals surface area contributed by atoms with Crippen LogP contribution in [0.2, 0.25) is 0 Å². The highest BCUT2D eigenvalue weighted by atomic mass is 15.1. The Morgan fingerprint density at radius 3 is 2.35 bits per heavy atom. The number of rotatable bonds is 8. The Kier molecular flexibility index (Phi) is 7.87. The summed E-state index contributed by atoms with van der Waals surface area (Å²) in [6.45, 7) is 10.8. The number of unbranched alkanes of at least 4 members (excludes halogenated alkanes) is 1. The van der Waals surface area contributed by atoms with Crippen LogP contribution in [0.3, 0.4) is 0 Å². The van der Waals surface area contributed by atoms with Crippen molar-refractivity contribution >= 4 is 0 Å². The van der Waals surface area contributed by atoms with Crippen LogP contribution in [-0.2, 0) is 0 Å². The molecule has 0 aliphatic carbocycles. The minimum Gasteiger partial charge on any atom is -0.311 e. The van der Waals surface area contributed by atoms with Crippen molar-refractivity contribution in [1.29, 1.82) is 0 Å². The third kappa shape index (κ3) is 5.87. The summed E-state index contributed by atoms with van der Waals surface area (Å²) in [7, 11) is 0. The Labute approximate surface area is 108 Å². The van der Waals surface area contributed by atoms with Crippen LogP contribution >= 0.6 is 0 Å². The molecular weight excluding hydrogens is 208 g/mol. The standard InChI is InChI=1S/C15H32N2/c1-4-7-8-14(6-3)16-15-9-12-17(11-5-2)13-10-15/h14-16H,4-13H2,1-3H3. The molecule has 0 spiro atoms. The van der Waals surface area contributed by atoms with E-state index in [4.69, 9.17) is 0 Å². The van der Waals surface area contributed by atoms with E-state index in [0.717, 1.165) is 12.1 Å². The minimum atomic E-state index is 0.762. The average molecular weight is 240 g/mol. The highest BCUT2D eigenvalue weighted by Crippen LogP contribution is 2.13. The highest BCUT2D eigenvalue weighted by molar-refractivity contribution is 4.80. The van der Waals surface area contributed by atoms with Gasteiger partial charge in [-0.2, -0.15) is 0 Å². The smallest absolute Gasteiger partial charge is 0.00939 e. The number of piperidine rings is 1. The van der Waals surface area contributed by atoms with Crippen LogP contribution in [0.1, 0.15) is 65.7 Å². The number of nitrogens with one attached hydrogen (secondary N) is 1. The molecular formula is C15H32N2. The summed E-state index contributed by atoms with van der Waals surface area (Å²) >= 11 is 0. The molecule has 1 N–H and O–H groups in total. The van der Waals surface area contributed by atoms with Gasteiger partial charge in [-0.15, -0.1) is 0 Å². The van der Waals surface area contributed by atoms with Crippen molar-refractivity contribution in [2.75, 3.05) is 19.6 Å². The van der Waals surface area contributed by atoms with Gasteiger partial charge in [0.2, 0.25) is 0 Å². The molecule has 1 unspecified atom stereocenters. The van der Waals surface area contributed by atoms with E-state index in [-0.39, 0.29) is 0 Å². The molecule has 0 bridgehead atoms. The molecule has 0 saturated carbocycles. The van der Waals surface area contributed by atoms with E-state index < -0.39 is 0 Å². The number of hydrogen-bond donors (Lipinski definition) is 1. The van der Waals surface area contributed by atoms with Crippen molar-refractivity contribution in [3.05, 3.63) is 0 Å². The predicted octanol–water partition coefficient (Wildman–Crippen LogP) is 3.42. The van der Waals surface area contributed by atoms with E-state index in [9.17, 15) is 0 Å². The molecule has 1 atom stereocenters. The van der Waals surface area contributed by atoms with Gasteiger partial charge in [-0.1, -0.05) is 33.6 Å². The molecule has 1 aliphatic rings. The van der Waals surface area contributed by atoms with E-state index in [1.165, 1.54) is 64.6 Å². The van der Waals surface area contributed by atoms with Crippen molar-refractivity contribution in [3.8, 4) is 0 Å². The average Bonchev–Trinajstić information content (AvgIpc) is 2.37. The van der Waals surface area contributed by atoms with Crippen LogP contribution < -0.4 is 5.32 Å². The van der Waals surface area contributed by atoms with Gasteiger partial charge in [0.25, 0.3) is 0 Å². The van der Waals surface area contributed by atoms with Crippen molar-refractivity contribution < 1.29 is 0 Å². The summed E-state index contributed by atoms with van der Waals surface area (Å²) in [5.41, 5.74) is 0. The van der Waals surface area contributed by atoms with Gasteiger partial charge in [0, 0.05) is 12.1 Å². The van der Waals surface area contributed by atoms with Crippen molar-refractivity contribution in [1.82, 2.24) is 10.2 Å². The summed E-state index contributed by atoms with van der Waals surface area (Å²) in [6.07, 6.45) is 9.35. The summed E-state index contributed by atoms with van der Waals surface area (Å²) < 4.78 is 0. The minimum absolute atomic E-state index is 0.762. The largest absolute Gasteiger partial charge is 0.311 e. The Bertz CT molecular complexity index is 174. The number of likely N-dealkylation sites (tertiary alicyclic amines) is 1. The van der Waals surface area contributed by atoms with Crippen molar-refractivity contribution in [3.63, 3.8) is 0 Å². The molecule has 1 heterocycles. The third-order valence-corrected chi connectivity index (χ3v) is 4.00. The quantitative estimate of drug-likeness (QED) is 0.699. The lowest BCUT2D eigenvalue weighted by molar-refractivity contribution is 0.188. The third-order valence-electron chi connectivity index (χ3n) is 4.00. The first-order valence-corrected chi connectivity index (χ1v) is 7.78. The number of nitrogens with zero attached hydrogens (tertiary/aromatic N) is 1.